The van der Waals surface area contributed by atoms with Crippen LogP contribution in [0.3, 0.4) is 0 Å². The normalized spacial score (nSPS) is 31.6. The number of aromatic nitrogens is 1. The molecule has 3 heterocycles. The van der Waals surface area contributed by atoms with Gasteiger partial charge in [0.1, 0.15) is 30.1 Å². The molecule has 2 aliphatic heterocycles. The third-order valence-corrected chi connectivity index (χ3v) is 10.4. The van der Waals surface area contributed by atoms with E-state index < -0.39 is 66.2 Å². The van der Waals surface area contributed by atoms with Crippen LogP contribution in [0.25, 0.3) is 0 Å². The fourth-order valence-electron chi connectivity index (χ4n) is 7.43. The molecular formula is C38H50N2O9. The maximum Gasteiger partial charge on any atom is 0.407 e. The molecule has 49 heavy (non-hydrogen) atoms. The summed E-state index contributed by atoms with van der Waals surface area (Å²) in [6.45, 7) is 9.56. The maximum atomic E-state index is 13.6. The lowest BCUT2D eigenvalue weighted by Crippen LogP contribution is -2.48. The molecule has 0 saturated carbocycles. The average molecular weight is 679 g/mol. The molecule has 3 N–H and O–H groups in total. The van der Waals surface area contributed by atoms with Crippen molar-refractivity contribution in [1.82, 2.24) is 10.3 Å². The number of aliphatic hydroxyl groups excluding tert-OH is 1. The van der Waals surface area contributed by atoms with Gasteiger partial charge in [0.15, 0.2) is 6.10 Å². The van der Waals surface area contributed by atoms with Crippen LogP contribution < -0.4 is 5.32 Å². The highest BCUT2D eigenvalue weighted by molar-refractivity contribution is 5.87. The molecule has 11 heteroatoms. The first-order valence-corrected chi connectivity index (χ1v) is 17.2. The summed E-state index contributed by atoms with van der Waals surface area (Å²) in [5.41, 5.74) is 1.49. The Morgan fingerprint density at radius 1 is 1.08 bits per heavy atom. The number of aliphatic hydroxyl groups is 1. The van der Waals surface area contributed by atoms with Crippen molar-refractivity contribution in [3.63, 3.8) is 0 Å². The second-order valence-corrected chi connectivity index (χ2v) is 13.7. The number of H-pyrrole nitrogens is 1. The SMILES string of the molecule is CO[C@H]1C[C@H]2C=C[C@@H]3C[C@]2(O[C@H]3[C@H](OC(=O)c2ccc[nH]2)[C@H](C)[C@H](C)O)/C(C)=C/[C@@H](C)[C@@H]([C@@H](C)OC(=O)NCCc2ccccc2)OC1=O. The van der Waals surface area contributed by atoms with E-state index in [4.69, 9.17) is 23.7 Å². The molecular weight excluding hydrogens is 628 g/mol. The number of ether oxygens (including phenoxy) is 5. The minimum atomic E-state index is -0.906. The van der Waals surface area contributed by atoms with Crippen LogP contribution in [-0.2, 0) is 34.9 Å². The summed E-state index contributed by atoms with van der Waals surface area (Å²) >= 11 is 0. The molecule has 1 aromatic carbocycles. The number of alkyl carbamates (subject to hydrolysis) is 1. The van der Waals surface area contributed by atoms with Crippen molar-refractivity contribution < 1.29 is 43.2 Å². The number of carbonyl (C=O) groups is 3. The zero-order valence-electron chi connectivity index (χ0n) is 29.2. The van der Waals surface area contributed by atoms with Gasteiger partial charge >= 0.3 is 18.0 Å². The maximum absolute atomic E-state index is 13.6. The molecule has 266 valence electrons. The van der Waals surface area contributed by atoms with Gasteiger partial charge in [-0.2, -0.15) is 0 Å². The Balaban J connectivity index is 1.38. The van der Waals surface area contributed by atoms with Crippen LogP contribution in [0.5, 0.6) is 0 Å². The number of cyclic esters (lactones) is 1. The summed E-state index contributed by atoms with van der Waals surface area (Å²) in [6.07, 6.45) is 4.18. The van der Waals surface area contributed by atoms with Crippen LogP contribution in [0.15, 0.2) is 72.5 Å². The van der Waals surface area contributed by atoms with Crippen LogP contribution >= 0.6 is 0 Å². The number of aromatic amines is 1. The van der Waals surface area contributed by atoms with Crippen molar-refractivity contribution in [2.75, 3.05) is 13.7 Å². The topological polar surface area (TPSA) is 145 Å². The minimum Gasteiger partial charge on any atom is -0.456 e. The van der Waals surface area contributed by atoms with Crippen LogP contribution in [0.2, 0.25) is 0 Å². The second-order valence-electron chi connectivity index (χ2n) is 13.7. The van der Waals surface area contributed by atoms with Crippen molar-refractivity contribution in [2.24, 2.45) is 23.7 Å². The molecule has 1 aromatic heterocycles. The van der Waals surface area contributed by atoms with E-state index in [1.54, 1.807) is 32.2 Å². The first-order chi connectivity index (χ1) is 23.4. The average Bonchev–Trinajstić information content (AvgIpc) is 3.73. The molecule has 1 aliphatic carbocycles. The molecule has 2 aromatic rings. The van der Waals surface area contributed by atoms with Gasteiger partial charge in [0.2, 0.25) is 0 Å². The number of hydrogen-bond donors (Lipinski definition) is 3. The molecule has 2 bridgehead atoms. The fourth-order valence-corrected chi connectivity index (χ4v) is 7.43. The molecule has 0 radical (unpaired) electrons. The Kier molecular flexibility index (Phi) is 11.7. The van der Waals surface area contributed by atoms with E-state index in [0.717, 1.165) is 11.1 Å². The van der Waals surface area contributed by atoms with Gasteiger partial charge in [-0.1, -0.05) is 62.4 Å². The third-order valence-electron chi connectivity index (χ3n) is 10.4. The van der Waals surface area contributed by atoms with Gasteiger partial charge in [-0.3, -0.25) is 0 Å². The summed E-state index contributed by atoms with van der Waals surface area (Å²) in [6, 6.07) is 13.2. The zero-order chi connectivity index (χ0) is 35.3. The van der Waals surface area contributed by atoms with Gasteiger partial charge in [0.25, 0.3) is 0 Å². The Hall–Kier alpha value is -3.93. The summed E-state index contributed by atoms with van der Waals surface area (Å²) < 4.78 is 30.6. The van der Waals surface area contributed by atoms with E-state index in [9.17, 15) is 19.5 Å². The molecule has 11 atom stereocenters. The number of nitrogens with one attached hydrogen (secondary N) is 2. The van der Waals surface area contributed by atoms with Crippen LogP contribution in [-0.4, -0.2) is 84.0 Å². The molecule has 1 spiro atoms. The van der Waals surface area contributed by atoms with Crippen LogP contribution in [0, 0.1) is 23.7 Å². The Morgan fingerprint density at radius 2 is 1.84 bits per heavy atom. The first kappa shape index (κ1) is 36.4. The summed E-state index contributed by atoms with van der Waals surface area (Å²) in [7, 11) is 1.47. The number of benzene rings is 1. The van der Waals surface area contributed by atoms with E-state index in [2.05, 4.69) is 22.5 Å². The van der Waals surface area contributed by atoms with Gasteiger partial charge in [-0.25, -0.2) is 14.4 Å². The highest BCUT2D eigenvalue weighted by Gasteiger charge is 2.57. The molecule has 11 nitrogen and oxygen atoms in total. The highest BCUT2D eigenvalue weighted by Crippen LogP contribution is 2.53. The largest absolute Gasteiger partial charge is 0.456 e. The monoisotopic (exact) mass is 678 g/mol. The van der Waals surface area contributed by atoms with Gasteiger partial charge in [0, 0.05) is 43.5 Å². The van der Waals surface area contributed by atoms with Crippen LogP contribution in [0.4, 0.5) is 4.79 Å². The standard InChI is InChI=1S/C38H50N2O9/c1-22-19-23(2)38-21-28(34(49-38)33(24(3)25(4)41)48-35(42)30-13-10-17-39-30)14-15-29(38)20-31(45-6)36(43)47-32(22)26(5)46-37(44)40-18-16-27-11-8-7-9-12-27/h7-15,17,19,22,24-26,28-29,31-34,39,41H,16,18,20-21H2,1-6H3,(H,40,44)/b23-19+/t22-,24-,25+,26-,28-,29-,31+,32+,33-,34-,38+/m1/s1. The van der Waals surface area contributed by atoms with E-state index in [-0.39, 0.29) is 24.2 Å². The lowest BCUT2D eigenvalue weighted by atomic mass is 9.69. The summed E-state index contributed by atoms with van der Waals surface area (Å²) in [5.74, 6) is -2.25. The van der Waals surface area contributed by atoms with Gasteiger partial charge in [-0.05, 0) is 63.3 Å². The predicted molar refractivity (Wildman–Crippen MR) is 181 cm³/mol. The van der Waals surface area contributed by atoms with Crippen molar-refractivity contribution >= 4 is 18.0 Å². The van der Waals surface area contributed by atoms with Crippen molar-refractivity contribution in [2.45, 2.75) is 96.1 Å². The second kappa shape index (κ2) is 15.7. The fraction of sp³-hybridized carbons (Fsp3) is 0.553. The third kappa shape index (κ3) is 8.11. The smallest absolute Gasteiger partial charge is 0.407 e. The van der Waals surface area contributed by atoms with E-state index in [1.165, 1.54) is 7.11 Å². The highest BCUT2D eigenvalue weighted by atomic mass is 16.6. The number of esters is 2. The summed E-state index contributed by atoms with van der Waals surface area (Å²) in [5, 5.41) is 13.4. The predicted octanol–water partition coefficient (Wildman–Crippen LogP) is 5.16. The minimum absolute atomic E-state index is 0.119. The molecule has 5 rings (SSSR count). The van der Waals surface area contributed by atoms with Gasteiger partial charge in [0.05, 0.1) is 11.7 Å². The van der Waals surface area contributed by atoms with Crippen molar-refractivity contribution in [3.8, 4) is 0 Å². The number of hydrogen-bond acceptors (Lipinski definition) is 9. The Morgan fingerprint density at radius 3 is 2.51 bits per heavy atom. The van der Waals surface area contributed by atoms with Crippen molar-refractivity contribution in [3.05, 3.63) is 83.7 Å². The number of methoxy groups -OCH3 is 1. The molecule has 1 amide bonds. The van der Waals surface area contributed by atoms with Crippen LogP contribution in [0.1, 0.15) is 63.5 Å². The lowest BCUT2D eigenvalue weighted by molar-refractivity contribution is -0.172. The first-order valence-electron chi connectivity index (χ1n) is 17.2. The van der Waals surface area contributed by atoms with Crippen molar-refractivity contribution in [1.29, 1.82) is 0 Å². The Labute approximate surface area is 288 Å². The van der Waals surface area contributed by atoms with Gasteiger partial charge < -0.3 is 39.1 Å². The quantitative estimate of drug-likeness (QED) is 0.167. The molecule has 1 saturated heterocycles. The lowest BCUT2D eigenvalue weighted by Gasteiger charge is -2.41. The molecule has 3 aliphatic rings. The van der Waals surface area contributed by atoms with Gasteiger partial charge in [-0.15, -0.1) is 0 Å². The molecule has 0 unspecified atom stereocenters. The Bertz CT molecular complexity index is 1490. The van der Waals surface area contributed by atoms with E-state index in [1.807, 2.05) is 57.2 Å². The van der Waals surface area contributed by atoms with E-state index >= 15 is 0 Å². The molecule has 1 fully saturated rings. The summed E-state index contributed by atoms with van der Waals surface area (Å²) in [4.78, 5) is 42.4. The van der Waals surface area contributed by atoms with E-state index in [0.29, 0.717) is 25.1 Å². The number of fused-ring (bicyclic) bond motifs is 1. The zero-order valence-corrected chi connectivity index (χ0v) is 29.2. The number of carbonyl (C=O) groups excluding carboxylic acids is 3. The number of amides is 1. The number of rotatable bonds is 11.